The third kappa shape index (κ3) is 3.91. The number of amides is 2. The summed E-state index contributed by atoms with van der Waals surface area (Å²) in [6.07, 6.45) is -0.445. The molecular weight excluding hydrogens is 400 g/mol. The van der Waals surface area contributed by atoms with E-state index in [0.29, 0.717) is 13.0 Å². The second-order valence-corrected chi connectivity index (χ2v) is 8.91. The van der Waals surface area contributed by atoms with Crippen molar-refractivity contribution < 1.29 is 19.1 Å². The Morgan fingerprint density at radius 3 is 2.47 bits per heavy atom. The predicted molar refractivity (Wildman–Crippen MR) is 114 cm³/mol. The molecule has 0 unspecified atom stereocenters. The van der Waals surface area contributed by atoms with Crippen molar-refractivity contribution in [3.05, 3.63) is 60.2 Å². The lowest BCUT2D eigenvalue weighted by Gasteiger charge is -2.46. The predicted octanol–water partition coefficient (Wildman–Crippen LogP) is 4.14. The molecule has 4 atom stereocenters. The summed E-state index contributed by atoms with van der Waals surface area (Å²) in [6.45, 7) is 5.90. The van der Waals surface area contributed by atoms with Gasteiger partial charge in [0.1, 0.15) is 5.60 Å². The molecule has 0 spiro atoms. The van der Waals surface area contributed by atoms with Crippen LogP contribution in [0.15, 0.2) is 64.4 Å². The molecule has 7 heteroatoms. The smallest absolute Gasteiger partial charge is 0.412 e. The molecule has 2 aliphatic heterocycles. The highest BCUT2D eigenvalue weighted by atomic mass is 32.2. The molecule has 2 amide bonds. The van der Waals surface area contributed by atoms with Crippen LogP contribution in [0.2, 0.25) is 0 Å². The number of ether oxygens (including phenoxy) is 2. The minimum atomic E-state index is -0.813. The van der Waals surface area contributed by atoms with Crippen molar-refractivity contribution in [1.29, 1.82) is 0 Å². The zero-order chi connectivity index (χ0) is 21.3. The van der Waals surface area contributed by atoms with Crippen molar-refractivity contribution in [3.63, 3.8) is 0 Å². The van der Waals surface area contributed by atoms with Crippen molar-refractivity contribution in [2.24, 2.45) is 0 Å². The van der Waals surface area contributed by atoms with Crippen LogP contribution in [0.5, 0.6) is 0 Å². The van der Waals surface area contributed by atoms with Gasteiger partial charge in [-0.2, -0.15) is 0 Å². The van der Waals surface area contributed by atoms with Gasteiger partial charge in [0, 0.05) is 23.3 Å². The second-order valence-electron chi connectivity index (χ2n) is 7.76. The zero-order valence-corrected chi connectivity index (χ0v) is 18.1. The summed E-state index contributed by atoms with van der Waals surface area (Å²) < 4.78 is 11.8. The Morgan fingerprint density at radius 2 is 1.83 bits per heavy atom. The highest BCUT2D eigenvalue weighted by Crippen LogP contribution is 2.42. The van der Waals surface area contributed by atoms with Crippen LogP contribution in [0.1, 0.15) is 32.8 Å². The fourth-order valence-electron chi connectivity index (χ4n) is 4.21. The van der Waals surface area contributed by atoms with E-state index in [9.17, 15) is 9.59 Å². The zero-order valence-electron chi connectivity index (χ0n) is 17.3. The third-order valence-electron chi connectivity index (χ3n) is 5.79. The molecule has 30 heavy (non-hydrogen) atoms. The average Bonchev–Trinajstić information content (AvgIpc) is 3.02. The number of carbonyl (C=O) groups excluding carboxylic acids is 2. The first-order chi connectivity index (χ1) is 14.4. The molecule has 2 heterocycles. The maximum atomic E-state index is 12.2. The lowest BCUT2D eigenvalue weighted by Crippen LogP contribution is -2.60. The molecule has 0 saturated carbocycles. The van der Waals surface area contributed by atoms with Gasteiger partial charge in [-0.05, 0) is 50.1 Å². The van der Waals surface area contributed by atoms with Crippen molar-refractivity contribution >= 4 is 23.8 Å². The summed E-state index contributed by atoms with van der Waals surface area (Å²) in [6, 6.07) is 17.8. The van der Waals surface area contributed by atoms with E-state index in [4.69, 9.17) is 9.47 Å². The maximum Gasteiger partial charge on any atom is 0.412 e. The van der Waals surface area contributed by atoms with Crippen molar-refractivity contribution in [2.75, 3.05) is 6.54 Å². The Bertz CT molecular complexity index is 921. The third-order valence-corrected chi connectivity index (χ3v) is 6.81. The van der Waals surface area contributed by atoms with Gasteiger partial charge in [-0.15, -0.1) is 0 Å². The molecular formula is C23H26N2O4S. The van der Waals surface area contributed by atoms with Gasteiger partial charge in [-0.3, -0.25) is 9.69 Å². The Balaban J connectivity index is 1.60. The highest BCUT2D eigenvalue weighted by Gasteiger charge is 2.54. The van der Waals surface area contributed by atoms with Crippen LogP contribution in [-0.4, -0.2) is 41.8 Å². The normalized spacial score (nSPS) is 28.0. The fourth-order valence-corrected chi connectivity index (χ4v) is 5.05. The molecule has 2 saturated heterocycles. The summed E-state index contributed by atoms with van der Waals surface area (Å²) >= 11 is 1.69. The van der Waals surface area contributed by atoms with E-state index < -0.39 is 11.9 Å². The Morgan fingerprint density at radius 1 is 1.17 bits per heavy atom. The van der Waals surface area contributed by atoms with Crippen LogP contribution in [0, 0.1) is 0 Å². The first-order valence-electron chi connectivity index (χ1n) is 10.2. The van der Waals surface area contributed by atoms with E-state index in [2.05, 4.69) is 29.6 Å². The minimum absolute atomic E-state index is 0.127. The first kappa shape index (κ1) is 20.8. The van der Waals surface area contributed by atoms with E-state index >= 15 is 0 Å². The molecule has 6 nitrogen and oxygen atoms in total. The topological polar surface area (TPSA) is 67.9 Å². The summed E-state index contributed by atoms with van der Waals surface area (Å²) in [5, 5.41) is 3.03. The maximum absolute atomic E-state index is 12.2. The fraction of sp³-hybridized carbons (Fsp3) is 0.391. The highest BCUT2D eigenvalue weighted by molar-refractivity contribution is 7.99. The second kappa shape index (κ2) is 8.32. The van der Waals surface area contributed by atoms with Crippen LogP contribution in [-0.2, 0) is 19.9 Å². The van der Waals surface area contributed by atoms with Crippen LogP contribution < -0.4 is 5.32 Å². The molecule has 2 aromatic rings. The van der Waals surface area contributed by atoms with Gasteiger partial charge in [0.2, 0.25) is 12.2 Å². The minimum Gasteiger partial charge on any atom is -0.417 e. The number of fused-ring (bicyclic) bond motifs is 1. The van der Waals surface area contributed by atoms with Gasteiger partial charge in [-0.1, -0.05) is 42.1 Å². The number of hydrogen-bond donors (Lipinski definition) is 1. The Kier molecular flexibility index (Phi) is 5.75. The molecule has 1 N–H and O–H groups in total. The number of nitrogens with zero attached hydrogens (tertiary/aromatic N) is 1. The van der Waals surface area contributed by atoms with E-state index in [0.717, 1.165) is 10.5 Å². The first-order valence-corrected chi connectivity index (χ1v) is 11.0. The lowest BCUT2D eigenvalue weighted by molar-refractivity contribution is -0.220. The number of hydrogen-bond acceptors (Lipinski definition) is 5. The SMILES string of the molecule is CCN1C(=O)O[C@@H]2O[C@](C)(c3ccc(Sc4ccccc4)cc3)[C@H](NC(C)=O)C[C@@H]21. The van der Waals surface area contributed by atoms with Crippen LogP contribution in [0.3, 0.4) is 0 Å². The lowest BCUT2D eigenvalue weighted by atomic mass is 9.81. The molecule has 0 bridgehead atoms. The van der Waals surface area contributed by atoms with Crippen LogP contribution >= 0.6 is 11.8 Å². The van der Waals surface area contributed by atoms with E-state index in [1.807, 2.05) is 44.2 Å². The standard InChI is InChI=1S/C23H26N2O4S/c1-4-25-19-14-20(24-15(2)26)23(3,29-21(19)28-22(25)27)16-10-12-18(13-11-16)30-17-8-6-5-7-9-17/h5-13,19-21H,4,14H2,1-3H3,(H,24,26)/t19-,20+,21+,23+/m0/s1. The summed E-state index contributed by atoms with van der Waals surface area (Å²) in [5.41, 5.74) is 0.121. The van der Waals surface area contributed by atoms with Gasteiger partial charge < -0.3 is 14.8 Å². The Hall–Kier alpha value is -2.51. The van der Waals surface area contributed by atoms with Crippen molar-refractivity contribution in [3.8, 4) is 0 Å². The van der Waals surface area contributed by atoms with E-state index in [-0.39, 0.29) is 24.1 Å². The van der Waals surface area contributed by atoms with Crippen molar-refractivity contribution in [1.82, 2.24) is 10.2 Å². The average molecular weight is 427 g/mol. The molecule has 2 aromatic carbocycles. The van der Waals surface area contributed by atoms with E-state index in [1.165, 1.54) is 11.8 Å². The molecule has 0 aliphatic carbocycles. The monoisotopic (exact) mass is 426 g/mol. The molecule has 0 radical (unpaired) electrons. The summed E-state index contributed by atoms with van der Waals surface area (Å²) in [7, 11) is 0. The largest absolute Gasteiger partial charge is 0.417 e. The molecule has 4 rings (SSSR count). The number of likely N-dealkylation sites (N-methyl/N-ethyl adjacent to an activating group) is 1. The summed E-state index contributed by atoms with van der Waals surface area (Å²) in [4.78, 5) is 28.1. The molecule has 0 aromatic heterocycles. The molecule has 2 aliphatic rings. The molecule has 2 fully saturated rings. The van der Waals surface area contributed by atoms with Gasteiger partial charge in [-0.25, -0.2) is 4.79 Å². The van der Waals surface area contributed by atoms with Crippen LogP contribution in [0.4, 0.5) is 4.79 Å². The number of carbonyl (C=O) groups is 2. The van der Waals surface area contributed by atoms with Gasteiger partial charge in [0.15, 0.2) is 0 Å². The number of nitrogens with one attached hydrogen (secondary N) is 1. The Labute approximate surface area is 180 Å². The molecule has 158 valence electrons. The number of benzene rings is 2. The quantitative estimate of drug-likeness (QED) is 0.778. The van der Waals surface area contributed by atoms with Crippen molar-refractivity contribution in [2.45, 2.75) is 61.0 Å². The van der Waals surface area contributed by atoms with E-state index in [1.54, 1.807) is 16.7 Å². The summed E-state index contributed by atoms with van der Waals surface area (Å²) in [5.74, 6) is -0.127. The van der Waals surface area contributed by atoms with Gasteiger partial charge >= 0.3 is 6.09 Å². The number of rotatable bonds is 5. The van der Waals surface area contributed by atoms with Crippen LogP contribution in [0.25, 0.3) is 0 Å². The van der Waals surface area contributed by atoms with Gasteiger partial charge in [0.25, 0.3) is 0 Å². The van der Waals surface area contributed by atoms with Gasteiger partial charge in [0.05, 0.1) is 12.1 Å².